The van der Waals surface area contributed by atoms with Crippen molar-refractivity contribution in [2.24, 2.45) is 5.10 Å². The molecule has 0 aliphatic carbocycles. The number of para-hydroxylation sites is 1. The second-order valence-electron chi connectivity index (χ2n) is 5.68. The summed E-state index contributed by atoms with van der Waals surface area (Å²) >= 11 is 6.05. The number of aromatic hydroxyl groups is 1. The molecule has 3 aromatic carbocycles. The van der Waals surface area contributed by atoms with E-state index < -0.39 is 0 Å². The molecule has 1 N–H and O–H groups in total. The van der Waals surface area contributed by atoms with Crippen LogP contribution in [0.2, 0.25) is 5.02 Å². The van der Waals surface area contributed by atoms with Crippen LogP contribution < -0.4 is 9.75 Å². The Morgan fingerprint density at radius 2 is 1.69 bits per heavy atom. The van der Waals surface area contributed by atoms with Crippen LogP contribution in [0.1, 0.15) is 11.1 Å². The Labute approximate surface area is 157 Å². The Morgan fingerprint density at radius 1 is 1.04 bits per heavy atom. The number of phenols is 1. The number of hydrogen-bond donors (Lipinski definition) is 1. The van der Waals surface area contributed by atoms with Crippen LogP contribution in [0.3, 0.4) is 0 Å². The van der Waals surface area contributed by atoms with Crippen LogP contribution in [0.15, 0.2) is 77.9 Å². The molecule has 3 rings (SSSR count). The van der Waals surface area contributed by atoms with Crippen LogP contribution in [0.25, 0.3) is 0 Å². The number of phenolic OH excluding ortho intramolecular Hbond substituents is 1. The van der Waals surface area contributed by atoms with Gasteiger partial charge in [0.05, 0.1) is 30.6 Å². The summed E-state index contributed by atoms with van der Waals surface area (Å²) in [5, 5.41) is 16.6. The maximum absolute atomic E-state index is 9.86. The van der Waals surface area contributed by atoms with E-state index in [9.17, 15) is 5.11 Å². The third-order valence-electron chi connectivity index (χ3n) is 3.85. The highest BCUT2D eigenvalue weighted by Gasteiger charge is 2.09. The highest BCUT2D eigenvalue weighted by atomic mass is 35.5. The zero-order chi connectivity index (χ0) is 18.4. The van der Waals surface area contributed by atoms with Crippen LogP contribution in [0.5, 0.6) is 11.5 Å². The number of hydrogen-bond acceptors (Lipinski definition) is 4. The topological polar surface area (TPSA) is 45.1 Å². The summed E-state index contributed by atoms with van der Waals surface area (Å²) < 4.78 is 5.14. The van der Waals surface area contributed by atoms with Crippen molar-refractivity contribution in [1.82, 2.24) is 0 Å². The van der Waals surface area contributed by atoms with Gasteiger partial charge >= 0.3 is 0 Å². The van der Waals surface area contributed by atoms with E-state index in [2.05, 4.69) is 17.2 Å². The summed E-state index contributed by atoms with van der Waals surface area (Å²) in [6.07, 6.45) is 1.70. The van der Waals surface area contributed by atoms with Gasteiger partial charge in [0.25, 0.3) is 0 Å². The van der Waals surface area contributed by atoms with Gasteiger partial charge in [-0.15, -0.1) is 0 Å². The van der Waals surface area contributed by atoms with Crippen molar-refractivity contribution < 1.29 is 9.84 Å². The number of halogens is 1. The summed E-state index contributed by atoms with van der Waals surface area (Å²) in [6.45, 7) is 0.629. The lowest BCUT2D eigenvalue weighted by atomic mass is 10.2. The van der Waals surface area contributed by atoms with Crippen molar-refractivity contribution >= 4 is 23.5 Å². The Balaban J connectivity index is 1.90. The fraction of sp³-hybridized carbons (Fsp3) is 0.0952. The van der Waals surface area contributed by atoms with Gasteiger partial charge in [0, 0.05) is 0 Å². The first-order chi connectivity index (χ1) is 12.7. The minimum Gasteiger partial charge on any atom is -0.503 e. The number of nitrogens with zero attached hydrogens (tertiary/aromatic N) is 2. The third-order valence-corrected chi connectivity index (χ3v) is 4.13. The van der Waals surface area contributed by atoms with E-state index in [0.29, 0.717) is 12.3 Å². The first-order valence-corrected chi connectivity index (χ1v) is 8.52. The predicted octanol–water partition coefficient (Wildman–Crippen LogP) is 5.09. The second kappa shape index (κ2) is 8.41. The molecule has 0 fully saturated rings. The lowest BCUT2D eigenvalue weighted by molar-refractivity contribution is 0.373. The molecule has 26 heavy (non-hydrogen) atoms. The monoisotopic (exact) mass is 366 g/mol. The van der Waals surface area contributed by atoms with Crippen LogP contribution in [0.4, 0.5) is 5.69 Å². The molecule has 0 bridgehead atoms. The Bertz CT molecular complexity index is 883. The van der Waals surface area contributed by atoms with E-state index in [0.717, 1.165) is 16.8 Å². The molecule has 3 aromatic rings. The summed E-state index contributed by atoms with van der Waals surface area (Å²) in [5.74, 6) is 0.240. The van der Waals surface area contributed by atoms with Gasteiger partial charge in [-0.3, -0.25) is 5.01 Å². The molecular weight excluding hydrogens is 348 g/mol. The van der Waals surface area contributed by atoms with Crippen molar-refractivity contribution in [3.63, 3.8) is 0 Å². The van der Waals surface area contributed by atoms with Crippen molar-refractivity contribution in [3.05, 3.63) is 88.9 Å². The van der Waals surface area contributed by atoms with Gasteiger partial charge in [-0.2, -0.15) is 5.10 Å². The molecular formula is C21H19ClN2O2. The largest absolute Gasteiger partial charge is 0.503 e. The number of methoxy groups -OCH3 is 1. The van der Waals surface area contributed by atoms with E-state index in [4.69, 9.17) is 16.3 Å². The highest BCUT2D eigenvalue weighted by molar-refractivity contribution is 6.32. The van der Waals surface area contributed by atoms with Crippen molar-refractivity contribution in [2.75, 3.05) is 12.1 Å². The number of anilines is 1. The summed E-state index contributed by atoms with van der Waals surface area (Å²) in [6, 6.07) is 23.4. The first kappa shape index (κ1) is 17.8. The van der Waals surface area contributed by atoms with E-state index in [-0.39, 0.29) is 10.8 Å². The van der Waals surface area contributed by atoms with E-state index >= 15 is 0 Å². The van der Waals surface area contributed by atoms with Crippen LogP contribution in [0, 0.1) is 0 Å². The smallest absolute Gasteiger partial charge is 0.176 e. The average molecular weight is 367 g/mol. The number of ether oxygens (including phenoxy) is 1. The van der Waals surface area contributed by atoms with Gasteiger partial charge < -0.3 is 9.84 Å². The van der Waals surface area contributed by atoms with Gasteiger partial charge in [-0.1, -0.05) is 60.1 Å². The number of hydrazone groups is 1. The summed E-state index contributed by atoms with van der Waals surface area (Å²) in [7, 11) is 1.48. The lowest BCUT2D eigenvalue weighted by Gasteiger charge is -2.19. The minimum atomic E-state index is -0.0736. The zero-order valence-corrected chi connectivity index (χ0v) is 15.1. The zero-order valence-electron chi connectivity index (χ0n) is 14.3. The highest BCUT2D eigenvalue weighted by Crippen LogP contribution is 2.34. The van der Waals surface area contributed by atoms with Gasteiger partial charge in [0.1, 0.15) is 0 Å². The Kier molecular flexibility index (Phi) is 5.77. The fourth-order valence-corrected chi connectivity index (χ4v) is 2.73. The standard InChI is InChI=1S/C21H19ClN2O2/c1-26-20-13-17(12-19(22)21(20)25)14-23-24(18-10-6-3-7-11-18)15-16-8-4-2-5-9-16/h2-14,25H,15H2,1H3/b23-14+. The summed E-state index contributed by atoms with van der Waals surface area (Å²) in [4.78, 5) is 0. The Hall–Kier alpha value is -2.98. The lowest BCUT2D eigenvalue weighted by Crippen LogP contribution is -2.16. The van der Waals surface area contributed by atoms with E-state index in [1.165, 1.54) is 7.11 Å². The predicted molar refractivity (Wildman–Crippen MR) is 106 cm³/mol. The van der Waals surface area contributed by atoms with Crippen molar-refractivity contribution in [2.45, 2.75) is 6.54 Å². The van der Waals surface area contributed by atoms with Gasteiger partial charge in [0.2, 0.25) is 0 Å². The van der Waals surface area contributed by atoms with Crippen molar-refractivity contribution in [3.8, 4) is 11.5 Å². The molecule has 0 unspecified atom stereocenters. The minimum absolute atomic E-state index is 0.0736. The maximum atomic E-state index is 9.86. The molecule has 0 heterocycles. The molecule has 0 atom stereocenters. The van der Waals surface area contributed by atoms with Crippen molar-refractivity contribution in [1.29, 1.82) is 0 Å². The van der Waals surface area contributed by atoms with Gasteiger partial charge in [-0.05, 0) is 35.4 Å². The Morgan fingerprint density at radius 3 is 2.35 bits per heavy atom. The normalized spacial score (nSPS) is 10.8. The molecule has 4 nitrogen and oxygen atoms in total. The quantitative estimate of drug-likeness (QED) is 0.488. The number of rotatable bonds is 6. The molecule has 5 heteroatoms. The first-order valence-electron chi connectivity index (χ1n) is 8.14. The fourth-order valence-electron chi connectivity index (χ4n) is 2.52. The molecule has 0 spiro atoms. The third kappa shape index (κ3) is 4.35. The van der Waals surface area contributed by atoms with Crippen LogP contribution in [-0.4, -0.2) is 18.4 Å². The maximum Gasteiger partial charge on any atom is 0.176 e. The molecule has 0 radical (unpaired) electrons. The number of benzene rings is 3. The molecule has 0 aliphatic rings. The molecule has 0 aromatic heterocycles. The van der Waals surface area contributed by atoms with Crippen LogP contribution >= 0.6 is 11.6 Å². The molecule has 0 saturated carbocycles. The van der Waals surface area contributed by atoms with E-state index in [1.807, 2.05) is 53.5 Å². The summed E-state index contributed by atoms with van der Waals surface area (Å²) in [5.41, 5.74) is 2.86. The van der Waals surface area contributed by atoms with Gasteiger partial charge in [-0.25, -0.2) is 0 Å². The molecule has 0 aliphatic heterocycles. The molecule has 0 saturated heterocycles. The van der Waals surface area contributed by atoms with Gasteiger partial charge in [0.15, 0.2) is 11.5 Å². The van der Waals surface area contributed by atoms with E-state index in [1.54, 1.807) is 18.3 Å². The molecule has 132 valence electrons. The van der Waals surface area contributed by atoms with Crippen LogP contribution in [-0.2, 0) is 6.54 Å². The SMILES string of the molecule is COc1cc(/C=N/N(Cc2ccccc2)c2ccccc2)cc(Cl)c1O. The molecule has 0 amide bonds. The average Bonchev–Trinajstić information content (AvgIpc) is 2.69. The second-order valence-corrected chi connectivity index (χ2v) is 6.08.